The van der Waals surface area contributed by atoms with Crippen LogP contribution in [0.1, 0.15) is 80.9 Å². The van der Waals surface area contributed by atoms with Crippen LogP contribution in [0.5, 0.6) is 5.75 Å². The molecule has 1 fully saturated rings. The summed E-state index contributed by atoms with van der Waals surface area (Å²) in [6.07, 6.45) is 2.61. The van der Waals surface area contributed by atoms with Crippen molar-refractivity contribution in [2.75, 3.05) is 38.0 Å². The van der Waals surface area contributed by atoms with Gasteiger partial charge in [-0.25, -0.2) is 4.79 Å². The van der Waals surface area contributed by atoms with Crippen LogP contribution in [0.2, 0.25) is 18.1 Å². The van der Waals surface area contributed by atoms with Gasteiger partial charge in [0.1, 0.15) is 11.9 Å². The lowest BCUT2D eigenvalue weighted by Crippen LogP contribution is -2.44. The number of hydrogen-bond donors (Lipinski definition) is 6. The van der Waals surface area contributed by atoms with E-state index in [1.54, 1.807) is 12.1 Å². The van der Waals surface area contributed by atoms with Crippen LogP contribution >= 0.6 is 0 Å². The lowest BCUT2D eigenvalue weighted by molar-refractivity contribution is -0.122. The number of carbonyl (C=O) groups is 3. The first-order chi connectivity index (χ1) is 34.5. The predicted octanol–water partition coefficient (Wildman–Crippen LogP) is 9.81. The first-order valence-electron chi connectivity index (χ1n) is 25.3. The van der Waals surface area contributed by atoms with Crippen LogP contribution in [0.15, 0.2) is 132 Å². The molecule has 0 bridgehead atoms. The van der Waals surface area contributed by atoms with Gasteiger partial charge in [0.25, 0.3) is 0 Å². The maximum Gasteiger partial charge on any atom is 0.411 e. The number of piperidine rings is 1. The van der Waals surface area contributed by atoms with Crippen LogP contribution < -0.4 is 26.8 Å². The van der Waals surface area contributed by atoms with E-state index in [9.17, 15) is 24.3 Å². The number of H-pyrrole nitrogens is 1. The molecular formula is C58H72N6O7Si. The molecule has 14 heteroatoms. The number of para-hydroxylation sites is 1. The van der Waals surface area contributed by atoms with Gasteiger partial charge in [-0.3, -0.25) is 19.7 Å². The van der Waals surface area contributed by atoms with Crippen LogP contribution in [0.4, 0.5) is 10.5 Å². The van der Waals surface area contributed by atoms with E-state index >= 15 is 0 Å². The number of anilines is 1. The smallest absolute Gasteiger partial charge is 0.411 e. The van der Waals surface area contributed by atoms with Crippen LogP contribution in [-0.2, 0) is 44.6 Å². The van der Waals surface area contributed by atoms with Crippen LogP contribution in [0, 0.1) is 0 Å². The largest absolute Gasteiger partial charge is 0.506 e. The standard InChI is InChI=1S/C58H72N6O7Si/c1-40(60-39-52(71-72(5,6)58(2,3)4)48-23-25-51(65)56-49(48)24-26-54(67)63-56)35-44-14-12-13-41(36-44)27-31-59-55(68)37-42-19-21-43(22-20-42)38-61-53(66)30-34-64-32-28-46(29-33-64)70-57(69)62-50-18-11-10-17-47(50)45-15-8-7-9-16-45/h7-26,36,40,46,52,60,65H,27-35,37-39H2,1-6H3,(H,59,68)(H,61,66)(H,62,69)(H,63,67)/t40-,52-/m1/s1. The maximum absolute atomic E-state index is 12.9. The number of pyridine rings is 1. The van der Waals surface area contributed by atoms with E-state index in [4.69, 9.17) is 9.16 Å². The van der Waals surface area contributed by atoms with Crippen molar-refractivity contribution in [2.24, 2.45) is 0 Å². The molecular weight excluding hydrogens is 921 g/mol. The number of nitrogens with zero attached hydrogens (tertiary/aromatic N) is 1. The lowest BCUT2D eigenvalue weighted by atomic mass is 10.0. The Morgan fingerprint density at radius 3 is 2.26 bits per heavy atom. The summed E-state index contributed by atoms with van der Waals surface area (Å²) in [6.45, 7) is 16.9. The number of aromatic hydroxyl groups is 1. The highest BCUT2D eigenvalue weighted by atomic mass is 28.4. The number of rotatable bonds is 21. The first kappa shape index (κ1) is 53.2. The highest BCUT2D eigenvalue weighted by Crippen LogP contribution is 2.41. The van der Waals surface area contributed by atoms with Crippen molar-refractivity contribution >= 4 is 42.8 Å². The molecule has 3 amide bonds. The summed E-state index contributed by atoms with van der Waals surface area (Å²) in [5, 5.41) is 24.1. The first-order valence-corrected chi connectivity index (χ1v) is 28.2. The number of phenolic OH excluding ortho intramolecular Hbond substituents is 1. The zero-order valence-electron chi connectivity index (χ0n) is 42.7. The molecule has 0 radical (unpaired) electrons. The van der Waals surface area contributed by atoms with E-state index in [1.807, 2.05) is 84.9 Å². The number of amides is 3. The Morgan fingerprint density at radius 2 is 1.51 bits per heavy atom. The SMILES string of the molecule is C[C@H](Cc1cccc(CCNC(=O)Cc2ccc(CNC(=O)CCN3CCC(OC(=O)Nc4ccccc4-c4ccccc4)CC3)cc2)c1)NC[C@@H](O[Si](C)(C)C(C)(C)C)c1ccc(O)c2[nH]c(=O)ccc12. The third-order valence-corrected chi connectivity index (χ3v) is 18.5. The molecule has 380 valence electrons. The van der Waals surface area contributed by atoms with Gasteiger partial charge < -0.3 is 40.1 Å². The molecule has 72 heavy (non-hydrogen) atoms. The fraction of sp³-hybridized carbons (Fsp3) is 0.379. The van der Waals surface area contributed by atoms with Gasteiger partial charge in [-0.15, -0.1) is 0 Å². The normalized spacial score (nSPS) is 14.4. The van der Waals surface area contributed by atoms with Gasteiger partial charge in [-0.1, -0.05) is 124 Å². The molecule has 7 rings (SSSR count). The van der Waals surface area contributed by atoms with Gasteiger partial charge >= 0.3 is 6.09 Å². The lowest BCUT2D eigenvalue weighted by Gasteiger charge is -2.40. The summed E-state index contributed by atoms with van der Waals surface area (Å²) in [6, 6.07) is 40.8. The fourth-order valence-corrected chi connectivity index (χ4v) is 10.1. The second-order valence-corrected chi connectivity index (χ2v) is 25.3. The molecule has 0 saturated carbocycles. The summed E-state index contributed by atoms with van der Waals surface area (Å²) in [5.74, 6) is -0.0425. The molecule has 6 N–H and O–H groups in total. The summed E-state index contributed by atoms with van der Waals surface area (Å²) >= 11 is 0. The molecule has 13 nitrogen and oxygen atoms in total. The quantitative estimate of drug-likeness (QED) is 0.0384. The molecule has 1 aliphatic rings. The molecule has 0 spiro atoms. The molecule has 0 aliphatic carbocycles. The Labute approximate surface area is 425 Å². The predicted molar refractivity (Wildman–Crippen MR) is 290 cm³/mol. The fourth-order valence-electron chi connectivity index (χ4n) is 8.85. The summed E-state index contributed by atoms with van der Waals surface area (Å²) in [7, 11) is -2.22. The Morgan fingerprint density at radius 1 is 0.806 bits per heavy atom. The van der Waals surface area contributed by atoms with Gasteiger partial charge in [-0.2, -0.15) is 0 Å². The van der Waals surface area contributed by atoms with E-state index in [-0.39, 0.29) is 52.8 Å². The van der Waals surface area contributed by atoms with Crippen molar-refractivity contribution in [1.82, 2.24) is 25.8 Å². The number of benzene rings is 5. The maximum atomic E-state index is 12.9. The summed E-state index contributed by atoms with van der Waals surface area (Å²) in [4.78, 5) is 55.7. The summed E-state index contributed by atoms with van der Waals surface area (Å²) in [5.41, 5.74) is 7.92. The Hall–Kier alpha value is -6.58. The summed E-state index contributed by atoms with van der Waals surface area (Å²) < 4.78 is 12.8. The van der Waals surface area contributed by atoms with E-state index in [2.05, 4.69) is 96.2 Å². The average molecular weight is 993 g/mol. The molecule has 2 heterocycles. The van der Waals surface area contributed by atoms with Crippen molar-refractivity contribution in [2.45, 2.75) is 109 Å². The number of fused-ring (bicyclic) bond motifs is 1. The minimum absolute atomic E-state index is 0.0193. The number of nitrogens with one attached hydrogen (secondary N) is 5. The van der Waals surface area contributed by atoms with Gasteiger partial charge in [0.05, 0.1) is 23.7 Å². The molecule has 0 unspecified atom stereocenters. The molecule has 1 saturated heterocycles. The second kappa shape index (κ2) is 24.7. The minimum atomic E-state index is -2.22. The monoisotopic (exact) mass is 993 g/mol. The second-order valence-electron chi connectivity index (χ2n) is 20.6. The van der Waals surface area contributed by atoms with E-state index in [0.29, 0.717) is 63.1 Å². The minimum Gasteiger partial charge on any atom is -0.506 e. The molecule has 6 aromatic rings. The molecule has 2 atom stereocenters. The van der Waals surface area contributed by atoms with Gasteiger partial charge in [0, 0.05) is 68.7 Å². The van der Waals surface area contributed by atoms with E-state index in [1.165, 1.54) is 11.6 Å². The van der Waals surface area contributed by atoms with Crippen molar-refractivity contribution in [1.29, 1.82) is 0 Å². The Kier molecular flexibility index (Phi) is 18.3. The van der Waals surface area contributed by atoms with E-state index in [0.717, 1.165) is 58.3 Å². The Balaban J connectivity index is 0.784. The van der Waals surface area contributed by atoms with Gasteiger partial charge in [0.2, 0.25) is 17.4 Å². The van der Waals surface area contributed by atoms with Crippen molar-refractivity contribution in [3.63, 3.8) is 0 Å². The third-order valence-electron chi connectivity index (χ3n) is 14.0. The van der Waals surface area contributed by atoms with Gasteiger partial charge in [0.15, 0.2) is 8.32 Å². The zero-order chi connectivity index (χ0) is 51.3. The van der Waals surface area contributed by atoms with Crippen molar-refractivity contribution in [3.05, 3.63) is 166 Å². The number of carbonyl (C=O) groups excluding carboxylic acids is 3. The van der Waals surface area contributed by atoms with Gasteiger partial charge in [-0.05, 0) is 102 Å². The number of ether oxygens (including phenoxy) is 1. The number of hydrogen-bond acceptors (Lipinski definition) is 9. The number of aromatic nitrogens is 1. The molecule has 1 aliphatic heterocycles. The number of phenols is 1. The molecule has 5 aromatic carbocycles. The van der Waals surface area contributed by atoms with Crippen LogP contribution in [0.25, 0.3) is 22.0 Å². The van der Waals surface area contributed by atoms with Crippen molar-refractivity contribution in [3.8, 4) is 16.9 Å². The topological polar surface area (TPSA) is 174 Å². The number of likely N-dealkylation sites (tertiary alicyclic amines) is 1. The highest BCUT2D eigenvalue weighted by molar-refractivity contribution is 6.74. The highest BCUT2D eigenvalue weighted by Gasteiger charge is 2.40. The van der Waals surface area contributed by atoms with Crippen LogP contribution in [0.3, 0.4) is 0 Å². The molecule has 1 aromatic heterocycles. The van der Waals surface area contributed by atoms with E-state index < -0.39 is 14.4 Å². The zero-order valence-corrected chi connectivity index (χ0v) is 43.7. The van der Waals surface area contributed by atoms with Crippen molar-refractivity contribution < 1.29 is 28.7 Å². The average Bonchev–Trinajstić information content (AvgIpc) is 3.35. The third kappa shape index (κ3) is 15.2. The van der Waals surface area contributed by atoms with Crippen LogP contribution in [-0.4, -0.2) is 86.1 Å². The number of aromatic amines is 1. The Bertz CT molecular complexity index is 2820.